The maximum absolute atomic E-state index is 11.3. The lowest BCUT2D eigenvalue weighted by atomic mass is 10.1. The summed E-state index contributed by atoms with van der Waals surface area (Å²) < 4.78 is 0.863. The Kier molecular flexibility index (Phi) is 5.21. The Morgan fingerprint density at radius 2 is 2.04 bits per heavy atom. The minimum atomic E-state index is -0.976. The highest BCUT2D eigenvalue weighted by Gasteiger charge is 2.09. The van der Waals surface area contributed by atoms with Crippen molar-refractivity contribution in [2.24, 2.45) is 5.10 Å². The summed E-state index contributed by atoms with van der Waals surface area (Å²) in [5, 5.41) is 15.9. The molecule has 2 aromatic carbocycles. The van der Waals surface area contributed by atoms with E-state index < -0.39 is 5.97 Å². The zero-order chi connectivity index (χ0) is 16.9. The summed E-state index contributed by atoms with van der Waals surface area (Å²) in [4.78, 5) is 15.7. The lowest BCUT2D eigenvalue weighted by Gasteiger charge is -2.01. The first-order valence-corrected chi connectivity index (χ1v) is 8.92. The van der Waals surface area contributed by atoms with Gasteiger partial charge in [-0.3, -0.25) is 5.43 Å². The van der Waals surface area contributed by atoms with Crippen LogP contribution in [-0.2, 0) is 0 Å². The number of rotatable bonds is 5. The molecule has 0 spiro atoms. The van der Waals surface area contributed by atoms with Crippen LogP contribution >= 0.6 is 33.9 Å². The number of aromatic carboxylic acids is 1. The zero-order valence-electron chi connectivity index (χ0n) is 12.3. The maximum atomic E-state index is 11.3. The largest absolute Gasteiger partial charge is 0.478 e. The summed E-state index contributed by atoms with van der Waals surface area (Å²) in [5.74, 6) is -0.976. The number of benzene rings is 2. The molecule has 1 heterocycles. The van der Waals surface area contributed by atoms with Crippen LogP contribution in [0, 0.1) is 3.57 Å². The summed E-state index contributed by atoms with van der Waals surface area (Å²) >= 11 is 3.52. The van der Waals surface area contributed by atoms with Crippen molar-refractivity contribution in [3.05, 3.63) is 68.6 Å². The lowest BCUT2D eigenvalue weighted by Crippen LogP contribution is -2.03. The van der Waals surface area contributed by atoms with Gasteiger partial charge in [-0.05, 0) is 34.7 Å². The predicted octanol–water partition coefficient (Wildman–Crippen LogP) is 4.56. The molecule has 0 atom stereocenters. The monoisotopic (exact) mass is 449 g/mol. The Morgan fingerprint density at radius 3 is 2.79 bits per heavy atom. The van der Waals surface area contributed by atoms with E-state index in [-0.39, 0.29) is 5.56 Å². The van der Waals surface area contributed by atoms with Gasteiger partial charge in [0.2, 0.25) is 5.13 Å². The molecule has 0 fully saturated rings. The molecule has 0 radical (unpaired) electrons. The van der Waals surface area contributed by atoms with E-state index in [4.69, 9.17) is 0 Å². The summed E-state index contributed by atoms with van der Waals surface area (Å²) in [6.45, 7) is 0. The van der Waals surface area contributed by atoms with E-state index in [0.717, 1.165) is 14.8 Å². The van der Waals surface area contributed by atoms with Crippen LogP contribution in [-0.4, -0.2) is 22.3 Å². The highest BCUT2D eigenvalue weighted by atomic mass is 127. The molecule has 0 unspecified atom stereocenters. The number of hydrazone groups is 1. The maximum Gasteiger partial charge on any atom is 0.336 e. The molecule has 0 bridgehead atoms. The van der Waals surface area contributed by atoms with Gasteiger partial charge in [-0.15, -0.1) is 11.3 Å². The molecular weight excluding hydrogens is 437 g/mol. The molecule has 5 nitrogen and oxygen atoms in total. The van der Waals surface area contributed by atoms with Crippen molar-refractivity contribution in [2.75, 3.05) is 5.43 Å². The highest BCUT2D eigenvalue weighted by molar-refractivity contribution is 14.1. The number of nitrogens with zero attached hydrogens (tertiary/aromatic N) is 2. The second kappa shape index (κ2) is 7.54. The number of aromatic nitrogens is 1. The van der Waals surface area contributed by atoms with Gasteiger partial charge in [0, 0.05) is 20.1 Å². The molecule has 120 valence electrons. The molecule has 0 aliphatic heterocycles. The topological polar surface area (TPSA) is 74.6 Å². The van der Waals surface area contributed by atoms with Crippen LogP contribution < -0.4 is 5.43 Å². The van der Waals surface area contributed by atoms with Gasteiger partial charge in [0.15, 0.2) is 0 Å². The minimum Gasteiger partial charge on any atom is -0.478 e. The number of nitrogens with one attached hydrogen (secondary N) is 1. The Hall–Kier alpha value is -2.26. The standard InChI is InChI=1S/C17H12IN3O2S/c18-13-7-6-12(14(8-13)16(22)23)9-19-21-17-20-15(10-24-17)11-4-2-1-3-5-11/h1-10H,(H,20,21)(H,22,23). The Morgan fingerprint density at radius 1 is 1.25 bits per heavy atom. The van der Waals surface area contributed by atoms with E-state index in [1.807, 2.05) is 41.8 Å². The number of hydrogen-bond acceptors (Lipinski definition) is 5. The number of halogens is 1. The highest BCUT2D eigenvalue weighted by Crippen LogP contribution is 2.24. The number of thiazole rings is 1. The third-order valence-electron chi connectivity index (χ3n) is 3.18. The number of carbonyl (C=O) groups is 1. The van der Waals surface area contributed by atoms with E-state index >= 15 is 0 Å². The van der Waals surface area contributed by atoms with Gasteiger partial charge in [0.25, 0.3) is 0 Å². The molecule has 0 saturated carbocycles. The zero-order valence-corrected chi connectivity index (χ0v) is 15.3. The molecule has 0 amide bonds. The van der Waals surface area contributed by atoms with Crippen molar-refractivity contribution >= 4 is 51.2 Å². The van der Waals surface area contributed by atoms with Crippen LogP contribution in [0.2, 0.25) is 0 Å². The van der Waals surface area contributed by atoms with Gasteiger partial charge in [0.05, 0.1) is 17.5 Å². The molecule has 3 aromatic rings. The summed E-state index contributed by atoms with van der Waals surface area (Å²) in [7, 11) is 0. The molecule has 7 heteroatoms. The predicted molar refractivity (Wildman–Crippen MR) is 105 cm³/mol. The number of carboxylic acid groups (broad SMARTS) is 1. The summed E-state index contributed by atoms with van der Waals surface area (Å²) in [5.41, 5.74) is 5.51. The first-order chi connectivity index (χ1) is 11.6. The Balaban J connectivity index is 1.74. The molecular formula is C17H12IN3O2S. The van der Waals surface area contributed by atoms with Gasteiger partial charge in [-0.1, -0.05) is 36.4 Å². The Labute approximate surface area is 156 Å². The quantitative estimate of drug-likeness (QED) is 0.340. The average Bonchev–Trinajstić information content (AvgIpc) is 3.06. The molecule has 1 aromatic heterocycles. The number of anilines is 1. The van der Waals surface area contributed by atoms with Crippen molar-refractivity contribution in [3.8, 4) is 11.3 Å². The van der Waals surface area contributed by atoms with E-state index in [1.54, 1.807) is 12.1 Å². The van der Waals surface area contributed by atoms with Gasteiger partial charge in [-0.25, -0.2) is 9.78 Å². The van der Waals surface area contributed by atoms with Crippen LogP contribution in [0.25, 0.3) is 11.3 Å². The van der Waals surface area contributed by atoms with Gasteiger partial charge in [-0.2, -0.15) is 5.10 Å². The number of carboxylic acids is 1. The van der Waals surface area contributed by atoms with Crippen LogP contribution in [0.3, 0.4) is 0 Å². The molecule has 2 N–H and O–H groups in total. The SMILES string of the molecule is O=C(O)c1cc(I)ccc1C=NNc1nc(-c2ccccc2)cs1. The van der Waals surface area contributed by atoms with Crippen molar-refractivity contribution in [2.45, 2.75) is 0 Å². The molecule has 24 heavy (non-hydrogen) atoms. The van der Waals surface area contributed by atoms with E-state index in [0.29, 0.717) is 10.7 Å². The van der Waals surface area contributed by atoms with Crippen LogP contribution in [0.1, 0.15) is 15.9 Å². The van der Waals surface area contributed by atoms with E-state index in [2.05, 4.69) is 38.1 Å². The minimum absolute atomic E-state index is 0.219. The van der Waals surface area contributed by atoms with Crippen LogP contribution in [0.5, 0.6) is 0 Å². The third kappa shape index (κ3) is 3.98. The van der Waals surface area contributed by atoms with Gasteiger partial charge < -0.3 is 5.11 Å². The normalized spacial score (nSPS) is 10.9. The first kappa shape index (κ1) is 16.6. The van der Waals surface area contributed by atoms with Crippen molar-refractivity contribution in [1.29, 1.82) is 0 Å². The van der Waals surface area contributed by atoms with Crippen LogP contribution in [0.15, 0.2) is 59.0 Å². The first-order valence-electron chi connectivity index (χ1n) is 6.96. The van der Waals surface area contributed by atoms with Gasteiger partial charge >= 0.3 is 5.97 Å². The summed E-state index contributed by atoms with van der Waals surface area (Å²) in [6.07, 6.45) is 1.49. The lowest BCUT2D eigenvalue weighted by molar-refractivity contribution is 0.0696. The third-order valence-corrected chi connectivity index (χ3v) is 4.60. The second-order valence-corrected chi connectivity index (χ2v) is 6.91. The van der Waals surface area contributed by atoms with Gasteiger partial charge in [0.1, 0.15) is 0 Å². The fraction of sp³-hybridized carbons (Fsp3) is 0. The number of hydrogen-bond donors (Lipinski definition) is 2. The smallest absolute Gasteiger partial charge is 0.336 e. The van der Waals surface area contributed by atoms with Crippen molar-refractivity contribution < 1.29 is 9.90 Å². The fourth-order valence-corrected chi connectivity index (χ4v) is 3.21. The summed E-state index contributed by atoms with van der Waals surface area (Å²) in [6, 6.07) is 15.0. The Bertz CT molecular complexity index is 894. The molecule has 0 aliphatic carbocycles. The van der Waals surface area contributed by atoms with Crippen molar-refractivity contribution in [3.63, 3.8) is 0 Å². The van der Waals surface area contributed by atoms with Crippen molar-refractivity contribution in [1.82, 2.24) is 4.98 Å². The molecule has 0 aliphatic rings. The van der Waals surface area contributed by atoms with E-state index in [9.17, 15) is 9.90 Å². The second-order valence-electron chi connectivity index (χ2n) is 4.81. The molecule has 3 rings (SSSR count). The van der Waals surface area contributed by atoms with E-state index in [1.165, 1.54) is 17.6 Å². The molecule has 0 saturated heterocycles. The fourth-order valence-electron chi connectivity index (χ4n) is 2.05. The average molecular weight is 449 g/mol. The van der Waals surface area contributed by atoms with Crippen LogP contribution in [0.4, 0.5) is 5.13 Å².